The van der Waals surface area contributed by atoms with Gasteiger partial charge in [-0.05, 0) is 17.7 Å². The van der Waals surface area contributed by atoms with E-state index in [1.54, 1.807) is 23.6 Å². The van der Waals surface area contributed by atoms with Gasteiger partial charge in [0.1, 0.15) is 5.01 Å². The van der Waals surface area contributed by atoms with Gasteiger partial charge in [0.2, 0.25) is 0 Å². The summed E-state index contributed by atoms with van der Waals surface area (Å²) < 4.78 is 1.44. The first kappa shape index (κ1) is 14.0. The molecule has 2 aromatic heterocycles. The monoisotopic (exact) mass is 317 g/mol. The van der Waals surface area contributed by atoms with E-state index in [0.29, 0.717) is 12.4 Å². The Morgan fingerprint density at radius 3 is 2.90 bits per heavy atom. The van der Waals surface area contributed by atoms with Crippen molar-refractivity contribution < 1.29 is 0 Å². The van der Waals surface area contributed by atoms with Crippen LogP contribution in [0.2, 0.25) is 0 Å². The van der Waals surface area contributed by atoms with Crippen LogP contribution in [0.4, 0.5) is 0 Å². The molecule has 0 aliphatic heterocycles. The molecule has 3 rings (SSSR count). The van der Waals surface area contributed by atoms with Gasteiger partial charge >= 0.3 is 0 Å². The molecule has 0 saturated carbocycles. The number of hydrogen-bond acceptors (Lipinski definition) is 4. The van der Waals surface area contributed by atoms with Crippen LogP contribution in [0.1, 0.15) is 11.3 Å². The molecule has 0 aliphatic carbocycles. The second-order valence-corrected chi connectivity index (χ2v) is 5.62. The van der Waals surface area contributed by atoms with Crippen LogP contribution in [0.3, 0.4) is 0 Å². The highest BCUT2D eigenvalue weighted by Gasteiger charge is 2.06. The molecule has 21 heavy (non-hydrogen) atoms. The molecule has 6 heteroatoms. The van der Waals surface area contributed by atoms with Gasteiger partial charge in [-0.3, -0.25) is 4.79 Å². The van der Waals surface area contributed by atoms with E-state index in [1.165, 1.54) is 10.7 Å². The molecule has 1 aromatic carbocycles. The van der Waals surface area contributed by atoms with Gasteiger partial charge in [0.15, 0.2) is 0 Å². The standard InChI is InChI=1S/C15H12ClN3OS/c16-8-13-10-21-15(18-13)12-4-1-3-11(7-12)9-19-14(20)5-2-6-17-19/h1-7,10H,8-9H2. The lowest BCUT2D eigenvalue weighted by Crippen LogP contribution is -2.21. The fraction of sp³-hybridized carbons (Fsp3) is 0.133. The third-order valence-electron chi connectivity index (χ3n) is 2.98. The summed E-state index contributed by atoms with van der Waals surface area (Å²) in [5.41, 5.74) is 2.80. The number of halogens is 1. The van der Waals surface area contributed by atoms with Gasteiger partial charge in [0, 0.05) is 23.2 Å². The highest BCUT2D eigenvalue weighted by molar-refractivity contribution is 7.13. The molecule has 0 amide bonds. The smallest absolute Gasteiger partial charge is 0.267 e. The number of nitrogens with zero attached hydrogens (tertiary/aromatic N) is 3. The molecule has 0 saturated heterocycles. The number of thiazole rings is 1. The third-order valence-corrected chi connectivity index (χ3v) is 4.19. The average Bonchev–Trinajstić information content (AvgIpc) is 2.99. The third kappa shape index (κ3) is 3.20. The van der Waals surface area contributed by atoms with Gasteiger partial charge in [-0.2, -0.15) is 5.10 Å². The molecule has 106 valence electrons. The Labute approximate surface area is 130 Å². The lowest BCUT2D eigenvalue weighted by atomic mass is 10.1. The Hall–Kier alpha value is -1.98. The molecule has 0 N–H and O–H groups in total. The van der Waals surface area contributed by atoms with Gasteiger partial charge in [-0.1, -0.05) is 18.2 Å². The normalized spacial score (nSPS) is 10.7. The molecule has 0 atom stereocenters. The molecular formula is C15H12ClN3OS. The molecule has 0 spiro atoms. The van der Waals surface area contributed by atoms with Crippen LogP contribution < -0.4 is 5.56 Å². The summed E-state index contributed by atoms with van der Waals surface area (Å²) >= 11 is 7.35. The van der Waals surface area contributed by atoms with E-state index in [0.717, 1.165) is 21.8 Å². The predicted octanol–water partition coefficient (Wildman–Crippen LogP) is 3.15. The Kier molecular flexibility index (Phi) is 4.13. The van der Waals surface area contributed by atoms with Gasteiger partial charge in [-0.15, -0.1) is 22.9 Å². The van der Waals surface area contributed by atoms with Crippen LogP contribution in [-0.4, -0.2) is 14.8 Å². The Bertz CT molecular complexity index is 812. The molecule has 0 unspecified atom stereocenters. The number of rotatable bonds is 4. The molecule has 2 heterocycles. The van der Waals surface area contributed by atoms with Crippen LogP contribution in [-0.2, 0) is 12.4 Å². The zero-order valence-electron chi connectivity index (χ0n) is 11.1. The summed E-state index contributed by atoms with van der Waals surface area (Å²) in [6.45, 7) is 0.446. The second kappa shape index (κ2) is 6.20. The van der Waals surface area contributed by atoms with E-state index in [-0.39, 0.29) is 5.56 Å². The summed E-state index contributed by atoms with van der Waals surface area (Å²) in [6, 6.07) is 11.1. The summed E-state index contributed by atoms with van der Waals surface area (Å²) in [7, 11) is 0. The number of hydrogen-bond donors (Lipinski definition) is 0. The fourth-order valence-corrected chi connectivity index (χ4v) is 3.03. The first-order valence-electron chi connectivity index (χ1n) is 6.38. The van der Waals surface area contributed by atoms with Crippen molar-refractivity contribution in [2.45, 2.75) is 12.4 Å². The number of aromatic nitrogens is 3. The van der Waals surface area contributed by atoms with Crippen LogP contribution in [0, 0.1) is 0 Å². The summed E-state index contributed by atoms with van der Waals surface area (Å²) in [4.78, 5) is 16.2. The SMILES string of the molecule is O=c1cccnn1Cc1cccc(-c2nc(CCl)cs2)c1. The number of benzene rings is 1. The van der Waals surface area contributed by atoms with Crippen molar-refractivity contribution in [1.29, 1.82) is 0 Å². The molecule has 0 radical (unpaired) electrons. The molecule has 0 aliphatic rings. The molecule has 0 fully saturated rings. The number of alkyl halides is 1. The lowest BCUT2D eigenvalue weighted by molar-refractivity contribution is 0.639. The van der Waals surface area contributed by atoms with Crippen LogP contribution in [0.15, 0.2) is 52.8 Å². The maximum atomic E-state index is 11.7. The van der Waals surface area contributed by atoms with Gasteiger partial charge in [-0.25, -0.2) is 9.67 Å². The van der Waals surface area contributed by atoms with Crippen molar-refractivity contribution in [3.8, 4) is 10.6 Å². The largest absolute Gasteiger partial charge is 0.268 e. The Balaban J connectivity index is 1.90. The molecule has 3 aromatic rings. The van der Waals surface area contributed by atoms with Gasteiger partial charge in [0.25, 0.3) is 5.56 Å². The average molecular weight is 318 g/mol. The van der Waals surface area contributed by atoms with E-state index in [2.05, 4.69) is 10.1 Å². The second-order valence-electron chi connectivity index (χ2n) is 4.50. The summed E-state index contributed by atoms with van der Waals surface area (Å²) in [5, 5.41) is 6.96. The van der Waals surface area contributed by atoms with Gasteiger partial charge < -0.3 is 0 Å². The van der Waals surface area contributed by atoms with E-state index in [4.69, 9.17) is 11.6 Å². The molecule has 4 nitrogen and oxygen atoms in total. The van der Waals surface area contributed by atoms with Crippen molar-refractivity contribution >= 4 is 22.9 Å². The Morgan fingerprint density at radius 2 is 2.14 bits per heavy atom. The van der Waals surface area contributed by atoms with E-state index >= 15 is 0 Å². The highest BCUT2D eigenvalue weighted by atomic mass is 35.5. The minimum atomic E-state index is -0.110. The molecular weight excluding hydrogens is 306 g/mol. The fourth-order valence-electron chi connectivity index (χ4n) is 1.98. The Morgan fingerprint density at radius 1 is 1.24 bits per heavy atom. The van der Waals surface area contributed by atoms with Crippen LogP contribution in [0.5, 0.6) is 0 Å². The van der Waals surface area contributed by atoms with E-state index < -0.39 is 0 Å². The zero-order valence-corrected chi connectivity index (χ0v) is 12.6. The first-order chi connectivity index (χ1) is 10.3. The van der Waals surface area contributed by atoms with E-state index in [1.807, 2.05) is 29.6 Å². The lowest BCUT2D eigenvalue weighted by Gasteiger charge is -2.05. The van der Waals surface area contributed by atoms with Gasteiger partial charge in [0.05, 0.1) is 18.1 Å². The van der Waals surface area contributed by atoms with Crippen LogP contribution >= 0.6 is 22.9 Å². The topological polar surface area (TPSA) is 47.8 Å². The minimum absolute atomic E-state index is 0.110. The van der Waals surface area contributed by atoms with Crippen molar-refractivity contribution in [2.24, 2.45) is 0 Å². The highest BCUT2D eigenvalue weighted by Crippen LogP contribution is 2.25. The molecule has 0 bridgehead atoms. The minimum Gasteiger partial charge on any atom is -0.268 e. The van der Waals surface area contributed by atoms with Crippen molar-refractivity contribution in [3.05, 3.63) is 69.6 Å². The quantitative estimate of drug-likeness (QED) is 0.694. The summed E-state index contributed by atoms with van der Waals surface area (Å²) in [6.07, 6.45) is 1.61. The first-order valence-corrected chi connectivity index (χ1v) is 7.79. The predicted molar refractivity (Wildman–Crippen MR) is 84.7 cm³/mol. The van der Waals surface area contributed by atoms with Crippen molar-refractivity contribution in [2.75, 3.05) is 0 Å². The maximum Gasteiger partial charge on any atom is 0.267 e. The summed E-state index contributed by atoms with van der Waals surface area (Å²) in [5.74, 6) is 0.416. The van der Waals surface area contributed by atoms with E-state index in [9.17, 15) is 4.79 Å². The van der Waals surface area contributed by atoms with Crippen LogP contribution in [0.25, 0.3) is 10.6 Å². The van der Waals surface area contributed by atoms with Crippen molar-refractivity contribution in [1.82, 2.24) is 14.8 Å². The maximum absolute atomic E-state index is 11.7. The zero-order chi connectivity index (χ0) is 14.7. The van der Waals surface area contributed by atoms with Crippen molar-refractivity contribution in [3.63, 3.8) is 0 Å².